The second-order valence-corrected chi connectivity index (χ2v) is 3.18. The third kappa shape index (κ3) is 1.41. The van der Waals surface area contributed by atoms with Crippen LogP contribution >= 0.6 is 11.5 Å². The van der Waals surface area contributed by atoms with Crippen LogP contribution in [0, 0.1) is 0 Å². The number of hydrogen-bond donors (Lipinski definition) is 2. The lowest BCUT2D eigenvalue weighted by Crippen LogP contribution is -2.50. The zero-order valence-electron chi connectivity index (χ0n) is 6.15. The minimum atomic E-state index is -0.0612. The summed E-state index contributed by atoms with van der Waals surface area (Å²) in [7, 11) is 0. The molecular formula is C5H7N5OS. The Morgan fingerprint density at radius 2 is 2.58 bits per heavy atom. The average molecular weight is 185 g/mol. The fourth-order valence-corrected chi connectivity index (χ4v) is 1.26. The molecule has 12 heavy (non-hydrogen) atoms. The third-order valence-corrected chi connectivity index (χ3v) is 2.18. The van der Waals surface area contributed by atoms with Crippen LogP contribution in [0.2, 0.25) is 0 Å². The maximum absolute atomic E-state index is 11.2. The predicted octanol–water partition coefficient (Wildman–Crippen LogP) is -0.767. The van der Waals surface area contributed by atoms with Gasteiger partial charge in [0.25, 0.3) is 0 Å². The number of amides is 1. The molecule has 2 heterocycles. The van der Waals surface area contributed by atoms with E-state index in [0.29, 0.717) is 5.13 Å². The molecule has 1 fully saturated rings. The van der Waals surface area contributed by atoms with E-state index < -0.39 is 0 Å². The van der Waals surface area contributed by atoms with Gasteiger partial charge < -0.3 is 5.32 Å². The molecule has 1 amide bonds. The molecule has 1 aromatic rings. The van der Waals surface area contributed by atoms with Crippen molar-refractivity contribution in [3.8, 4) is 0 Å². The first kappa shape index (κ1) is 7.56. The minimum Gasteiger partial charge on any atom is -0.306 e. The topological polar surface area (TPSA) is 79.8 Å². The molecule has 1 unspecified atom stereocenters. The van der Waals surface area contributed by atoms with Gasteiger partial charge in [-0.3, -0.25) is 10.1 Å². The number of carbonyl (C=O) groups excluding carboxylic acids is 1. The van der Waals surface area contributed by atoms with Crippen molar-refractivity contribution in [2.24, 2.45) is 0 Å². The number of nitrogens with zero attached hydrogens (tertiary/aromatic N) is 3. The van der Waals surface area contributed by atoms with Crippen molar-refractivity contribution in [2.45, 2.75) is 12.5 Å². The molecule has 2 N–H and O–H groups in total. The van der Waals surface area contributed by atoms with E-state index in [1.807, 2.05) is 0 Å². The van der Waals surface area contributed by atoms with Crippen LogP contribution in [0.1, 0.15) is 6.42 Å². The largest absolute Gasteiger partial charge is 0.306 e. The molecule has 0 spiro atoms. The van der Waals surface area contributed by atoms with Crippen molar-refractivity contribution in [1.82, 2.24) is 20.1 Å². The monoisotopic (exact) mass is 185 g/mol. The fourth-order valence-electron chi connectivity index (χ4n) is 0.887. The van der Waals surface area contributed by atoms with E-state index in [2.05, 4.69) is 25.4 Å². The van der Waals surface area contributed by atoms with Crippen molar-refractivity contribution >= 4 is 22.6 Å². The molecule has 0 saturated carbocycles. The van der Waals surface area contributed by atoms with Crippen molar-refractivity contribution in [3.05, 3.63) is 0 Å². The van der Waals surface area contributed by atoms with Gasteiger partial charge in [-0.25, -0.2) is 0 Å². The number of rotatable bonds is 2. The molecule has 1 aromatic heterocycles. The highest BCUT2D eigenvalue weighted by Gasteiger charge is 2.24. The van der Waals surface area contributed by atoms with E-state index in [9.17, 15) is 4.79 Å². The van der Waals surface area contributed by atoms with E-state index in [0.717, 1.165) is 24.5 Å². The van der Waals surface area contributed by atoms with E-state index in [4.69, 9.17) is 0 Å². The standard InChI is InChI=1S/C5H7N5OS/c11-4(3-1-2-6-3)7-5-8-9-10-12-5/h3,6H,1-2H2,(H,7,8,10,11). The molecule has 1 aliphatic heterocycles. The molecule has 1 saturated heterocycles. The van der Waals surface area contributed by atoms with Crippen LogP contribution < -0.4 is 10.6 Å². The van der Waals surface area contributed by atoms with Crippen molar-refractivity contribution in [3.63, 3.8) is 0 Å². The Hall–Kier alpha value is -1.08. The van der Waals surface area contributed by atoms with Gasteiger partial charge in [-0.15, -0.1) is 0 Å². The van der Waals surface area contributed by atoms with Crippen LogP contribution in [0.15, 0.2) is 0 Å². The second-order valence-electron chi connectivity index (χ2n) is 2.45. The Balaban J connectivity index is 1.90. The summed E-state index contributed by atoms with van der Waals surface area (Å²) in [4.78, 5) is 11.2. The molecule has 2 rings (SSSR count). The van der Waals surface area contributed by atoms with Crippen LogP contribution in [0.4, 0.5) is 5.13 Å². The van der Waals surface area contributed by atoms with Gasteiger partial charge in [0, 0.05) is 11.5 Å². The molecule has 0 aromatic carbocycles. The molecule has 7 heteroatoms. The lowest BCUT2D eigenvalue weighted by atomic mass is 10.1. The third-order valence-electron chi connectivity index (χ3n) is 1.67. The summed E-state index contributed by atoms with van der Waals surface area (Å²) >= 11 is 1.07. The maximum atomic E-state index is 11.2. The second kappa shape index (κ2) is 3.11. The average Bonchev–Trinajstić information content (AvgIpc) is 2.34. The number of nitrogens with one attached hydrogen (secondary N) is 2. The summed E-state index contributed by atoms with van der Waals surface area (Å²) in [6.07, 6.45) is 0.887. The smallest absolute Gasteiger partial charge is 0.243 e. The maximum Gasteiger partial charge on any atom is 0.243 e. The number of hydrogen-bond acceptors (Lipinski definition) is 6. The Kier molecular flexibility index (Phi) is 1.96. The number of carbonyl (C=O) groups is 1. The first-order valence-corrected chi connectivity index (χ1v) is 4.33. The normalized spacial score (nSPS) is 21.5. The highest BCUT2D eigenvalue weighted by molar-refractivity contribution is 7.09. The van der Waals surface area contributed by atoms with Crippen LogP contribution in [-0.4, -0.2) is 33.3 Å². The minimum absolute atomic E-state index is 0.0557. The van der Waals surface area contributed by atoms with Gasteiger partial charge in [-0.2, -0.15) is 0 Å². The Morgan fingerprint density at radius 3 is 3.08 bits per heavy atom. The van der Waals surface area contributed by atoms with E-state index >= 15 is 0 Å². The quantitative estimate of drug-likeness (QED) is 0.632. The Bertz CT molecular complexity index is 269. The fraction of sp³-hybridized carbons (Fsp3) is 0.600. The SMILES string of the molecule is O=C(Nc1nnns1)C1CCN1. The summed E-state index contributed by atoms with van der Waals surface area (Å²) in [6.45, 7) is 0.909. The van der Waals surface area contributed by atoms with Crippen LogP contribution in [-0.2, 0) is 4.79 Å². The molecular weight excluding hydrogens is 178 g/mol. The lowest BCUT2D eigenvalue weighted by Gasteiger charge is -2.25. The zero-order chi connectivity index (χ0) is 8.39. The van der Waals surface area contributed by atoms with Crippen LogP contribution in [0.5, 0.6) is 0 Å². The predicted molar refractivity (Wildman–Crippen MR) is 42.7 cm³/mol. The number of aromatic nitrogens is 3. The van der Waals surface area contributed by atoms with Crippen LogP contribution in [0.3, 0.4) is 0 Å². The van der Waals surface area contributed by atoms with E-state index in [1.165, 1.54) is 0 Å². The first-order chi connectivity index (χ1) is 5.86. The van der Waals surface area contributed by atoms with Crippen molar-refractivity contribution < 1.29 is 4.79 Å². The highest BCUT2D eigenvalue weighted by atomic mass is 32.1. The summed E-state index contributed by atoms with van der Waals surface area (Å²) in [6, 6.07) is -0.0612. The van der Waals surface area contributed by atoms with Crippen molar-refractivity contribution in [1.29, 1.82) is 0 Å². The lowest BCUT2D eigenvalue weighted by molar-refractivity contribution is -0.119. The Labute approximate surface area is 72.5 Å². The molecule has 64 valence electrons. The summed E-state index contributed by atoms with van der Waals surface area (Å²) in [5.74, 6) is -0.0557. The first-order valence-electron chi connectivity index (χ1n) is 3.55. The van der Waals surface area contributed by atoms with Gasteiger partial charge in [0.2, 0.25) is 11.0 Å². The number of anilines is 1. The van der Waals surface area contributed by atoms with Gasteiger partial charge in [-0.1, -0.05) is 9.59 Å². The van der Waals surface area contributed by atoms with Gasteiger partial charge in [0.1, 0.15) is 0 Å². The Morgan fingerprint density at radius 1 is 1.75 bits per heavy atom. The van der Waals surface area contributed by atoms with Gasteiger partial charge in [0.05, 0.1) is 6.04 Å². The molecule has 1 atom stereocenters. The zero-order valence-corrected chi connectivity index (χ0v) is 6.97. The van der Waals surface area contributed by atoms with Crippen LogP contribution in [0.25, 0.3) is 0 Å². The molecule has 6 nitrogen and oxygen atoms in total. The van der Waals surface area contributed by atoms with E-state index in [1.54, 1.807) is 0 Å². The summed E-state index contributed by atoms with van der Waals surface area (Å²) in [5, 5.41) is 13.0. The summed E-state index contributed by atoms with van der Waals surface area (Å²) < 4.78 is 3.52. The van der Waals surface area contributed by atoms with Gasteiger partial charge >= 0.3 is 0 Å². The molecule has 0 bridgehead atoms. The van der Waals surface area contributed by atoms with Gasteiger partial charge in [-0.05, 0) is 18.2 Å². The molecule has 0 radical (unpaired) electrons. The van der Waals surface area contributed by atoms with Crippen molar-refractivity contribution in [2.75, 3.05) is 11.9 Å². The molecule has 0 aliphatic carbocycles. The van der Waals surface area contributed by atoms with Gasteiger partial charge in [0.15, 0.2) is 0 Å². The summed E-state index contributed by atoms with van der Waals surface area (Å²) in [5.41, 5.74) is 0. The molecule has 1 aliphatic rings. The van der Waals surface area contributed by atoms with E-state index in [-0.39, 0.29) is 11.9 Å². The highest BCUT2D eigenvalue weighted by Crippen LogP contribution is 2.08.